The number of anilines is 1. The summed E-state index contributed by atoms with van der Waals surface area (Å²) in [6.45, 7) is 0. The van der Waals surface area contributed by atoms with Crippen LogP contribution in [0.25, 0.3) is 10.2 Å². The van der Waals surface area contributed by atoms with E-state index in [-0.39, 0.29) is 0 Å². The molecule has 2 aromatic heterocycles. The summed E-state index contributed by atoms with van der Waals surface area (Å²) in [6, 6.07) is 0.671. The van der Waals surface area contributed by atoms with E-state index in [9.17, 15) is 0 Å². The van der Waals surface area contributed by atoms with Gasteiger partial charge in [0, 0.05) is 10.9 Å². The Bertz CT molecular complexity index is 658. The molecule has 0 radical (unpaired) electrons. The van der Waals surface area contributed by atoms with E-state index in [0.717, 1.165) is 17.7 Å². The Morgan fingerprint density at radius 3 is 2.65 bits per heavy atom. The Labute approximate surface area is 122 Å². The van der Waals surface area contributed by atoms with Crippen molar-refractivity contribution in [1.82, 2.24) is 9.97 Å². The molecule has 2 heterocycles. The third kappa shape index (κ3) is 1.77. The van der Waals surface area contributed by atoms with Crippen molar-refractivity contribution in [2.75, 3.05) is 5.32 Å². The second-order valence-corrected chi connectivity index (χ2v) is 7.69. The molecule has 0 atom stereocenters. The van der Waals surface area contributed by atoms with Gasteiger partial charge in [0.15, 0.2) is 0 Å². The number of nitrogens with one attached hydrogen (secondary N) is 1. The normalized spacial score (nSPS) is 21.6. The van der Waals surface area contributed by atoms with E-state index in [1.165, 1.54) is 55.2 Å². The minimum Gasteiger partial charge on any atom is -0.366 e. The lowest BCUT2D eigenvalue weighted by atomic mass is 10.1. The van der Waals surface area contributed by atoms with Gasteiger partial charge in [-0.1, -0.05) is 0 Å². The Balaban J connectivity index is 1.57. The standard InChI is InChI=1S/C16H19N3S/c1-2-11-12(3-1)20-16-13(11)15(17-8-18-16)19-14(9-4-5-9)10-6-7-10/h8-10,14H,1-7H2,(H,17,18,19). The van der Waals surface area contributed by atoms with E-state index < -0.39 is 0 Å². The van der Waals surface area contributed by atoms with Crippen molar-refractivity contribution >= 4 is 27.4 Å². The molecule has 0 bridgehead atoms. The maximum absolute atomic E-state index is 4.60. The van der Waals surface area contributed by atoms with Crippen LogP contribution in [-0.2, 0) is 12.8 Å². The highest BCUT2D eigenvalue weighted by atomic mass is 32.1. The molecule has 104 valence electrons. The Morgan fingerprint density at radius 2 is 1.90 bits per heavy atom. The number of aryl methyl sites for hydroxylation is 2. The van der Waals surface area contributed by atoms with Crippen LogP contribution < -0.4 is 5.32 Å². The molecule has 0 unspecified atom stereocenters. The number of hydrogen-bond acceptors (Lipinski definition) is 4. The lowest BCUT2D eigenvalue weighted by molar-refractivity contribution is 0.566. The predicted molar refractivity (Wildman–Crippen MR) is 82.3 cm³/mol. The first-order chi connectivity index (χ1) is 9.90. The maximum atomic E-state index is 4.60. The molecule has 4 heteroatoms. The summed E-state index contributed by atoms with van der Waals surface area (Å²) in [5.74, 6) is 2.93. The number of hydrogen-bond donors (Lipinski definition) is 1. The van der Waals surface area contributed by atoms with Gasteiger partial charge in [0.25, 0.3) is 0 Å². The van der Waals surface area contributed by atoms with Crippen molar-refractivity contribution in [3.63, 3.8) is 0 Å². The average Bonchev–Trinajstić information content (AvgIpc) is 3.36. The highest BCUT2D eigenvalue weighted by molar-refractivity contribution is 7.19. The Kier molecular flexibility index (Phi) is 2.40. The van der Waals surface area contributed by atoms with Crippen LogP contribution in [0.2, 0.25) is 0 Å². The van der Waals surface area contributed by atoms with Crippen molar-refractivity contribution in [3.05, 3.63) is 16.8 Å². The summed E-state index contributed by atoms with van der Waals surface area (Å²) < 4.78 is 0. The van der Waals surface area contributed by atoms with Crippen molar-refractivity contribution in [3.8, 4) is 0 Å². The molecule has 2 saturated carbocycles. The third-order valence-corrected chi connectivity index (χ3v) is 6.26. The average molecular weight is 285 g/mol. The zero-order valence-corrected chi connectivity index (χ0v) is 12.4. The molecular formula is C16H19N3S. The Hall–Kier alpha value is -1.16. The highest BCUT2D eigenvalue weighted by Crippen LogP contribution is 2.47. The van der Waals surface area contributed by atoms with Gasteiger partial charge in [-0.25, -0.2) is 9.97 Å². The van der Waals surface area contributed by atoms with Gasteiger partial charge in [0.2, 0.25) is 0 Å². The summed E-state index contributed by atoms with van der Waals surface area (Å²) >= 11 is 1.88. The first kappa shape index (κ1) is 11.5. The molecule has 0 saturated heterocycles. The highest BCUT2D eigenvalue weighted by Gasteiger charge is 2.42. The van der Waals surface area contributed by atoms with Gasteiger partial charge in [-0.3, -0.25) is 0 Å². The fraction of sp³-hybridized carbons (Fsp3) is 0.625. The maximum Gasteiger partial charge on any atom is 0.138 e. The molecule has 3 aliphatic carbocycles. The fourth-order valence-electron chi connectivity index (χ4n) is 3.73. The first-order valence-corrected chi connectivity index (χ1v) is 8.73. The quantitative estimate of drug-likeness (QED) is 0.929. The summed E-state index contributed by atoms with van der Waals surface area (Å²) in [5.41, 5.74) is 1.54. The minimum atomic E-state index is 0.671. The third-order valence-electron chi connectivity index (χ3n) is 5.06. The van der Waals surface area contributed by atoms with Crippen LogP contribution in [0.5, 0.6) is 0 Å². The van der Waals surface area contributed by atoms with Crippen LogP contribution in [0.15, 0.2) is 6.33 Å². The van der Waals surface area contributed by atoms with Gasteiger partial charge in [-0.15, -0.1) is 11.3 Å². The van der Waals surface area contributed by atoms with E-state index in [2.05, 4.69) is 15.3 Å². The molecule has 20 heavy (non-hydrogen) atoms. The van der Waals surface area contributed by atoms with Crippen LogP contribution in [-0.4, -0.2) is 16.0 Å². The van der Waals surface area contributed by atoms with Crippen LogP contribution >= 0.6 is 11.3 Å². The van der Waals surface area contributed by atoms with Gasteiger partial charge >= 0.3 is 0 Å². The van der Waals surface area contributed by atoms with Gasteiger partial charge in [-0.2, -0.15) is 0 Å². The monoisotopic (exact) mass is 285 g/mol. The van der Waals surface area contributed by atoms with Crippen LogP contribution in [0, 0.1) is 11.8 Å². The second-order valence-electron chi connectivity index (χ2n) is 6.60. The van der Waals surface area contributed by atoms with E-state index >= 15 is 0 Å². The van der Waals surface area contributed by atoms with Gasteiger partial charge in [0.05, 0.1) is 5.39 Å². The largest absolute Gasteiger partial charge is 0.366 e. The number of fused-ring (bicyclic) bond motifs is 3. The van der Waals surface area contributed by atoms with E-state index in [4.69, 9.17) is 0 Å². The topological polar surface area (TPSA) is 37.8 Å². The second kappa shape index (κ2) is 4.17. The molecule has 1 N–H and O–H groups in total. The molecule has 0 amide bonds. The van der Waals surface area contributed by atoms with Crippen molar-refractivity contribution in [2.24, 2.45) is 11.8 Å². The molecule has 2 aromatic rings. The lowest BCUT2D eigenvalue weighted by Crippen LogP contribution is -2.25. The zero-order valence-electron chi connectivity index (χ0n) is 11.6. The van der Waals surface area contributed by atoms with Crippen molar-refractivity contribution in [1.29, 1.82) is 0 Å². The van der Waals surface area contributed by atoms with Crippen molar-refractivity contribution < 1.29 is 0 Å². The zero-order chi connectivity index (χ0) is 13.1. The smallest absolute Gasteiger partial charge is 0.138 e. The Morgan fingerprint density at radius 1 is 1.10 bits per heavy atom. The molecule has 5 rings (SSSR count). The molecular weight excluding hydrogens is 266 g/mol. The summed E-state index contributed by atoms with van der Waals surface area (Å²) in [4.78, 5) is 11.8. The number of aromatic nitrogens is 2. The van der Waals surface area contributed by atoms with Crippen LogP contribution in [0.3, 0.4) is 0 Å². The van der Waals surface area contributed by atoms with Crippen LogP contribution in [0.4, 0.5) is 5.82 Å². The molecule has 0 aromatic carbocycles. The fourth-order valence-corrected chi connectivity index (χ4v) is 4.96. The SMILES string of the molecule is c1nc(NC(C2CC2)C2CC2)c2c3c(sc2n1)CCC3. The number of rotatable bonds is 4. The predicted octanol–water partition coefficient (Wildman–Crippen LogP) is 3.78. The molecule has 0 spiro atoms. The summed E-state index contributed by atoms with van der Waals surface area (Å²) in [6.07, 6.45) is 11.1. The molecule has 2 fully saturated rings. The van der Waals surface area contributed by atoms with E-state index in [0.29, 0.717) is 6.04 Å². The van der Waals surface area contributed by atoms with E-state index in [1.807, 2.05) is 11.3 Å². The number of nitrogens with zero attached hydrogens (tertiary/aromatic N) is 2. The minimum absolute atomic E-state index is 0.671. The van der Waals surface area contributed by atoms with Gasteiger partial charge in [-0.05, 0) is 62.3 Å². The summed E-state index contributed by atoms with van der Waals surface area (Å²) in [5, 5.41) is 5.16. The first-order valence-electron chi connectivity index (χ1n) is 7.92. The number of thiophene rings is 1. The molecule has 3 nitrogen and oxygen atoms in total. The molecule has 3 aliphatic rings. The van der Waals surface area contributed by atoms with Crippen molar-refractivity contribution in [2.45, 2.75) is 51.0 Å². The van der Waals surface area contributed by atoms with Gasteiger partial charge in [0.1, 0.15) is 17.0 Å². The van der Waals surface area contributed by atoms with Crippen LogP contribution in [0.1, 0.15) is 42.5 Å². The lowest BCUT2D eigenvalue weighted by Gasteiger charge is -2.19. The van der Waals surface area contributed by atoms with Gasteiger partial charge < -0.3 is 5.32 Å². The van der Waals surface area contributed by atoms with E-state index in [1.54, 1.807) is 16.8 Å². The molecule has 0 aliphatic heterocycles. The summed E-state index contributed by atoms with van der Waals surface area (Å²) in [7, 11) is 0.